The standard InChI is InChI=1S/C17H28N2O4S/c1-24-13-6-15(17(22)23)19(9-13)8-10-2-3-11-7-18-14(16(20)21)5-12(11)4-10/h10-15,18H,2-9H2,1H3,(H,20,21)(H,22,23)/t10-,11-,12+,13-,14-,15-/m0/s1. The summed E-state index contributed by atoms with van der Waals surface area (Å²) in [5.41, 5.74) is 0. The van der Waals surface area contributed by atoms with E-state index in [1.165, 1.54) is 0 Å². The number of carbonyl (C=O) groups is 2. The number of hydrogen-bond donors (Lipinski definition) is 3. The minimum atomic E-state index is -0.746. The maximum Gasteiger partial charge on any atom is 0.320 e. The molecule has 0 unspecified atom stereocenters. The number of thioether (sulfide) groups is 1. The van der Waals surface area contributed by atoms with Gasteiger partial charge in [-0.2, -0.15) is 11.8 Å². The molecule has 24 heavy (non-hydrogen) atoms. The van der Waals surface area contributed by atoms with Crippen LogP contribution in [0.1, 0.15) is 32.1 Å². The molecule has 3 aliphatic rings. The number of likely N-dealkylation sites (tertiary alicyclic amines) is 1. The van der Waals surface area contributed by atoms with Crippen molar-refractivity contribution < 1.29 is 19.8 Å². The molecule has 0 bridgehead atoms. The minimum absolute atomic E-state index is 0.347. The Morgan fingerprint density at radius 3 is 2.58 bits per heavy atom. The Bertz CT molecular complexity index is 489. The number of nitrogens with zero attached hydrogens (tertiary/aromatic N) is 1. The molecular formula is C17H28N2O4S. The van der Waals surface area contributed by atoms with Gasteiger partial charge in [0, 0.05) is 18.3 Å². The number of aliphatic carboxylic acids is 2. The Labute approximate surface area is 147 Å². The van der Waals surface area contributed by atoms with Crippen molar-refractivity contribution in [2.45, 2.75) is 49.4 Å². The van der Waals surface area contributed by atoms with Gasteiger partial charge in [-0.1, -0.05) is 0 Å². The second-order valence-electron chi connectivity index (χ2n) is 7.64. The van der Waals surface area contributed by atoms with E-state index in [1.807, 2.05) is 0 Å². The zero-order chi connectivity index (χ0) is 17.3. The van der Waals surface area contributed by atoms with Crippen LogP contribution in [0.3, 0.4) is 0 Å². The third-order valence-electron chi connectivity index (χ3n) is 6.19. The molecule has 3 N–H and O–H groups in total. The van der Waals surface area contributed by atoms with E-state index in [1.54, 1.807) is 11.8 Å². The van der Waals surface area contributed by atoms with Crippen molar-refractivity contribution >= 4 is 23.7 Å². The Hall–Kier alpha value is -0.790. The molecule has 0 radical (unpaired) electrons. The fourth-order valence-corrected chi connectivity index (χ4v) is 5.55. The lowest BCUT2D eigenvalue weighted by molar-refractivity contribution is -0.143. The molecule has 0 aromatic heterocycles. The summed E-state index contributed by atoms with van der Waals surface area (Å²) in [5, 5.41) is 22.3. The van der Waals surface area contributed by atoms with Crippen molar-refractivity contribution in [3.63, 3.8) is 0 Å². The van der Waals surface area contributed by atoms with E-state index < -0.39 is 18.0 Å². The number of hydrogen-bond acceptors (Lipinski definition) is 5. The Balaban J connectivity index is 1.58. The first-order valence-corrected chi connectivity index (χ1v) is 10.2. The summed E-state index contributed by atoms with van der Waals surface area (Å²) in [6.07, 6.45) is 6.81. The van der Waals surface area contributed by atoms with E-state index in [2.05, 4.69) is 16.5 Å². The van der Waals surface area contributed by atoms with Crippen LogP contribution in [0, 0.1) is 17.8 Å². The SMILES string of the molecule is CS[C@H]1C[C@@H](C(=O)O)N(C[C@H]2CC[C@H]3CN[C@H](C(=O)O)C[C@H]3C2)C1. The molecular weight excluding hydrogens is 328 g/mol. The fourth-order valence-electron chi connectivity index (χ4n) is 4.84. The summed E-state index contributed by atoms with van der Waals surface area (Å²) < 4.78 is 0. The smallest absolute Gasteiger partial charge is 0.320 e. The monoisotopic (exact) mass is 356 g/mol. The predicted octanol–water partition coefficient (Wildman–Crippen LogP) is 1.36. The summed E-state index contributed by atoms with van der Waals surface area (Å²) in [5.74, 6) is 0.108. The van der Waals surface area contributed by atoms with Crippen LogP contribution < -0.4 is 5.32 Å². The van der Waals surface area contributed by atoms with Crippen LogP contribution in [0.15, 0.2) is 0 Å². The van der Waals surface area contributed by atoms with Crippen LogP contribution in [0.25, 0.3) is 0 Å². The Kier molecular flexibility index (Phi) is 5.72. The zero-order valence-electron chi connectivity index (χ0n) is 14.2. The van der Waals surface area contributed by atoms with E-state index in [4.69, 9.17) is 0 Å². The fraction of sp³-hybridized carbons (Fsp3) is 0.882. The molecule has 1 aliphatic carbocycles. The van der Waals surface area contributed by atoms with Gasteiger partial charge in [-0.05, 0) is 62.7 Å². The minimum Gasteiger partial charge on any atom is -0.480 e. The topological polar surface area (TPSA) is 89.9 Å². The van der Waals surface area contributed by atoms with Crippen molar-refractivity contribution in [2.24, 2.45) is 17.8 Å². The zero-order valence-corrected chi connectivity index (χ0v) is 15.0. The molecule has 2 heterocycles. The van der Waals surface area contributed by atoms with Crippen LogP contribution in [-0.4, -0.2) is 70.3 Å². The van der Waals surface area contributed by atoms with Gasteiger partial charge in [0.1, 0.15) is 12.1 Å². The van der Waals surface area contributed by atoms with Crippen molar-refractivity contribution in [3.8, 4) is 0 Å². The third-order valence-corrected chi connectivity index (χ3v) is 7.20. The summed E-state index contributed by atoms with van der Waals surface area (Å²) in [6.45, 7) is 2.52. The van der Waals surface area contributed by atoms with Crippen LogP contribution >= 0.6 is 11.8 Å². The molecule has 2 aliphatic heterocycles. The molecule has 1 saturated carbocycles. The molecule has 0 spiro atoms. The number of carboxylic acid groups (broad SMARTS) is 2. The first-order chi connectivity index (χ1) is 11.5. The van der Waals surface area contributed by atoms with Crippen LogP contribution in [0.4, 0.5) is 0 Å². The second kappa shape index (κ2) is 7.62. The molecule has 3 rings (SSSR count). The quantitative estimate of drug-likeness (QED) is 0.685. The van der Waals surface area contributed by atoms with Crippen LogP contribution in [-0.2, 0) is 9.59 Å². The first kappa shape index (κ1) is 18.0. The van der Waals surface area contributed by atoms with E-state index in [-0.39, 0.29) is 6.04 Å². The molecule has 7 heteroatoms. The number of fused-ring (bicyclic) bond motifs is 1. The molecule has 136 valence electrons. The van der Waals surface area contributed by atoms with Gasteiger partial charge < -0.3 is 15.5 Å². The molecule has 0 amide bonds. The lowest BCUT2D eigenvalue weighted by atomic mass is 9.69. The van der Waals surface area contributed by atoms with Gasteiger partial charge in [-0.25, -0.2) is 0 Å². The highest BCUT2D eigenvalue weighted by Gasteiger charge is 2.41. The maximum absolute atomic E-state index is 11.5. The summed E-state index contributed by atoms with van der Waals surface area (Å²) >= 11 is 1.76. The van der Waals surface area contributed by atoms with Gasteiger partial charge in [0.15, 0.2) is 0 Å². The number of piperidine rings is 1. The summed E-state index contributed by atoms with van der Waals surface area (Å²) in [4.78, 5) is 24.9. The average molecular weight is 356 g/mol. The third kappa shape index (κ3) is 3.89. The highest BCUT2D eigenvalue weighted by molar-refractivity contribution is 7.99. The highest BCUT2D eigenvalue weighted by Crippen LogP contribution is 2.40. The van der Waals surface area contributed by atoms with Gasteiger partial charge in [-0.15, -0.1) is 0 Å². The molecule has 0 aromatic carbocycles. The van der Waals surface area contributed by atoms with Gasteiger partial charge in [0.05, 0.1) is 0 Å². The lowest BCUT2D eigenvalue weighted by Gasteiger charge is -2.42. The van der Waals surface area contributed by atoms with E-state index in [9.17, 15) is 19.8 Å². The van der Waals surface area contributed by atoms with Crippen LogP contribution in [0.2, 0.25) is 0 Å². The average Bonchev–Trinajstić information content (AvgIpc) is 2.97. The molecule has 0 aromatic rings. The number of nitrogens with one attached hydrogen (secondary N) is 1. The Morgan fingerprint density at radius 1 is 1.12 bits per heavy atom. The molecule has 6 nitrogen and oxygen atoms in total. The number of carboxylic acids is 2. The van der Waals surface area contributed by atoms with Crippen molar-refractivity contribution in [3.05, 3.63) is 0 Å². The van der Waals surface area contributed by atoms with Gasteiger partial charge >= 0.3 is 11.9 Å². The Morgan fingerprint density at radius 2 is 1.92 bits per heavy atom. The predicted molar refractivity (Wildman–Crippen MR) is 93.3 cm³/mol. The lowest BCUT2D eigenvalue weighted by Crippen LogP contribution is -2.50. The molecule has 2 saturated heterocycles. The maximum atomic E-state index is 11.5. The number of rotatable bonds is 5. The van der Waals surface area contributed by atoms with Crippen LogP contribution in [0.5, 0.6) is 0 Å². The summed E-state index contributed by atoms with van der Waals surface area (Å²) in [7, 11) is 0. The highest BCUT2D eigenvalue weighted by atomic mass is 32.2. The summed E-state index contributed by atoms with van der Waals surface area (Å²) in [6, 6.07) is -0.760. The van der Waals surface area contributed by atoms with Crippen molar-refractivity contribution in [1.29, 1.82) is 0 Å². The second-order valence-corrected chi connectivity index (χ2v) is 8.77. The van der Waals surface area contributed by atoms with E-state index >= 15 is 0 Å². The van der Waals surface area contributed by atoms with Gasteiger partial charge in [0.25, 0.3) is 0 Å². The van der Waals surface area contributed by atoms with E-state index in [0.717, 1.165) is 45.3 Å². The normalized spacial score (nSPS) is 40.2. The van der Waals surface area contributed by atoms with E-state index in [0.29, 0.717) is 29.4 Å². The molecule has 3 fully saturated rings. The first-order valence-electron chi connectivity index (χ1n) is 8.93. The molecule has 6 atom stereocenters. The largest absolute Gasteiger partial charge is 0.480 e. The van der Waals surface area contributed by atoms with Crippen molar-refractivity contribution in [2.75, 3.05) is 25.9 Å². The van der Waals surface area contributed by atoms with Crippen molar-refractivity contribution in [1.82, 2.24) is 10.2 Å². The van der Waals surface area contributed by atoms with Gasteiger partial charge in [0.2, 0.25) is 0 Å². The van der Waals surface area contributed by atoms with Gasteiger partial charge in [-0.3, -0.25) is 14.5 Å².